The van der Waals surface area contributed by atoms with Gasteiger partial charge in [-0.2, -0.15) is 18.3 Å². The molecule has 1 aromatic heterocycles. The maximum atomic E-state index is 12.0. The van der Waals surface area contributed by atoms with Gasteiger partial charge in [-0.15, -0.1) is 0 Å². The van der Waals surface area contributed by atoms with Crippen molar-refractivity contribution in [1.29, 1.82) is 0 Å². The molecule has 0 amide bonds. The predicted octanol–water partition coefficient (Wildman–Crippen LogP) is 1.42. The highest BCUT2D eigenvalue weighted by Crippen LogP contribution is 2.17. The number of rotatable bonds is 5. The van der Waals surface area contributed by atoms with E-state index in [1.807, 2.05) is 6.92 Å². The highest BCUT2D eigenvalue weighted by Gasteiger charge is 2.26. The van der Waals surface area contributed by atoms with Crippen LogP contribution in [0.15, 0.2) is 17.3 Å². The van der Waals surface area contributed by atoms with E-state index in [-0.39, 0.29) is 6.54 Å². The van der Waals surface area contributed by atoms with E-state index in [9.17, 15) is 13.2 Å². The number of aromatic amines is 1. The van der Waals surface area contributed by atoms with Gasteiger partial charge in [-0.25, -0.2) is 4.99 Å². The molecular formula is C10H16F3N5. The summed E-state index contributed by atoms with van der Waals surface area (Å²) in [6.45, 7) is 2.57. The predicted molar refractivity (Wildman–Crippen MR) is 62.1 cm³/mol. The average molecular weight is 263 g/mol. The zero-order chi connectivity index (χ0) is 13.4. The monoisotopic (exact) mass is 263 g/mol. The van der Waals surface area contributed by atoms with E-state index in [1.165, 1.54) is 0 Å². The zero-order valence-electron chi connectivity index (χ0n) is 10.0. The summed E-state index contributed by atoms with van der Waals surface area (Å²) in [7, 11) is 0. The van der Waals surface area contributed by atoms with Crippen LogP contribution < -0.4 is 10.6 Å². The lowest BCUT2D eigenvalue weighted by molar-refractivity contribution is -0.132. The Hall–Kier alpha value is -1.73. The molecule has 1 aromatic rings. The number of nitrogens with zero attached hydrogens (tertiary/aromatic N) is 2. The number of hydrogen-bond donors (Lipinski definition) is 3. The fraction of sp³-hybridized carbons (Fsp3) is 0.600. The maximum Gasteiger partial charge on any atom is 0.390 e. The van der Waals surface area contributed by atoms with E-state index in [2.05, 4.69) is 25.8 Å². The van der Waals surface area contributed by atoms with E-state index >= 15 is 0 Å². The summed E-state index contributed by atoms with van der Waals surface area (Å²) in [6.07, 6.45) is -3.45. The summed E-state index contributed by atoms with van der Waals surface area (Å²) in [5, 5.41) is 12.0. The van der Waals surface area contributed by atoms with Crippen molar-refractivity contribution < 1.29 is 13.2 Å². The first kappa shape index (κ1) is 14.3. The van der Waals surface area contributed by atoms with Gasteiger partial charge in [-0.3, -0.25) is 5.10 Å². The van der Waals surface area contributed by atoms with Crippen LogP contribution in [-0.4, -0.2) is 35.4 Å². The third kappa shape index (κ3) is 6.12. The Kier molecular flexibility index (Phi) is 5.47. The fourth-order valence-electron chi connectivity index (χ4n) is 1.20. The molecule has 5 nitrogen and oxygen atoms in total. The molecule has 1 heterocycles. The molecule has 0 spiro atoms. The van der Waals surface area contributed by atoms with E-state index in [4.69, 9.17) is 0 Å². The summed E-state index contributed by atoms with van der Waals surface area (Å²) in [4.78, 5) is 4.13. The van der Waals surface area contributed by atoms with Gasteiger partial charge in [0.1, 0.15) is 0 Å². The highest BCUT2D eigenvalue weighted by atomic mass is 19.4. The van der Waals surface area contributed by atoms with E-state index in [1.54, 1.807) is 12.3 Å². The zero-order valence-corrected chi connectivity index (χ0v) is 10.0. The van der Waals surface area contributed by atoms with Crippen LogP contribution in [0.5, 0.6) is 0 Å². The van der Waals surface area contributed by atoms with Crippen molar-refractivity contribution in [1.82, 2.24) is 20.8 Å². The average Bonchev–Trinajstić information content (AvgIpc) is 2.77. The number of alkyl halides is 3. The van der Waals surface area contributed by atoms with Crippen molar-refractivity contribution in [3.63, 3.8) is 0 Å². The molecule has 0 aliphatic rings. The minimum atomic E-state index is -4.16. The minimum Gasteiger partial charge on any atom is -0.357 e. The minimum absolute atomic E-state index is 0.196. The maximum absolute atomic E-state index is 12.0. The van der Waals surface area contributed by atoms with Gasteiger partial charge >= 0.3 is 6.18 Å². The van der Waals surface area contributed by atoms with E-state index in [0.29, 0.717) is 19.0 Å². The van der Waals surface area contributed by atoms with Gasteiger partial charge in [0, 0.05) is 19.3 Å². The van der Waals surface area contributed by atoms with Gasteiger partial charge < -0.3 is 10.6 Å². The van der Waals surface area contributed by atoms with Gasteiger partial charge in [0.2, 0.25) is 0 Å². The normalized spacial score (nSPS) is 12.6. The molecule has 0 radical (unpaired) electrons. The standard InChI is InChI=1S/C10H16F3N5/c1-2-14-9(15-6-4-10(11,12)13)16-7-8-3-5-17-18-8/h3,5H,2,4,6-7H2,1H3,(H,17,18)(H2,14,15,16). The number of aromatic nitrogens is 2. The molecule has 8 heteroatoms. The summed E-state index contributed by atoms with van der Waals surface area (Å²) in [5.74, 6) is 0.358. The number of nitrogens with one attached hydrogen (secondary N) is 3. The van der Waals surface area contributed by atoms with Crippen molar-refractivity contribution in [3.8, 4) is 0 Å². The molecule has 0 fully saturated rings. The quantitative estimate of drug-likeness (QED) is 0.556. The lowest BCUT2D eigenvalue weighted by Crippen LogP contribution is -2.38. The van der Waals surface area contributed by atoms with Crippen LogP contribution in [0.2, 0.25) is 0 Å². The van der Waals surface area contributed by atoms with E-state index in [0.717, 1.165) is 5.69 Å². The Morgan fingerprint density at radius 2 is 2.22 bits per heavy atom. The largest absolute Gasteiger partial charge is 0.390 e. The van der Waals surface area contributed by atoms with Gasteiger partial charge in [-0.05, 0) is 13.0 Å². The number of aliphatic imine (C=N–C) groups is 1. The first-order valence-electron chi connectivity index (χ1n) is 5.58. The molecule has 1 rings (SSSR count). The summed E-state index contributed by atoms with van der Waals surface area (Å²) >= 11 is 0. The van der Waals surface area contributed by atoms with Crippen LogP contribution >= 0.6 is 0 Å². The van der Waals surface area contributed by atoms with Gasteiger partial charge in [0.05, 0.1) is 18.7 Å². The lowest BCUT2D eigenvalue weighted by Gasteiger charge is -2.12. The lowest BCUT2D eigenvalue weighted by atomic mass is 10.4. The Morgan fingerprint density at radius 3 is 2.78 bits per heavy atom. The molecule has 102 valence electrons. The smallest absolute Gasteiger partial charge is 0.357 e. The van der Waals surface area contributed by atoms with Crippen molar-refractivity contribution in [2.75, 3.05) is 13.1 Å². The molecule has 3 N–H and O–H groups in total. The summed E-state index contributed by atoms with van der Waals surface area (Å²) in [5.41, 5.74) is 0.794. The molecular weight excluding hydrogens is 247 g/mol. The molecule has 0 saturated heterocycles. The Balaban J connectivity index is 2.41. The number of hydrogen-bond acceptors (Lipinski definition) is 2. The third-order valence-electron chi connectivity index (χ3n) is 2.01. The first-order chi connectivity index (χ1) is 8.51. The van der Waals surface area contributed by atoms with Crippen molar-refractivity contribution in [3.05, 3.63) is 18.0 Å². The number of halogens is 3. The van der Waals surface area contributed by atoms with E-state index < -0.39 is 12.6 Å². The molecule has 0 bridgehead atoms. The van der Waals surface area contributed by atoms with Gasteiger partial charge in [-0.1, -0.05) is 0 Å². The van der Waals surface area contributed by atoms with Gasteiger partial charge in [0.25, 0.3) is 0 Å². The Labute approximate surface area is 103 Å². The molecule has 0 aromatic carbocycles. The highest BCUT2D eigenvalue weighted by molar-refractivity contribution is 5.79. The number of guanidine groups is 1. The second kappa shape index (κ2) is 6.87. The third-order valence-corrected chi connectivity index (χ3v) is 2.01. The summed E-state index contributed by atoms with van der Waals surface area (Å²) < 4.78 is 36.0. The fourth-order valence-corrected chi connectivity index (χ4v) is 1.20. The van der Waals surface area contributed by atoms with Crippen LogP contribution in [0.4, 0.5) is 13.2 Å². The van der Waals surface area contributed by atoms with Crippen molar-refractivity contribution in [2.45, 2.75) is 26.1 Å². The molecule has 18 heavy (non-hydrogen) atoms. The molecule has 0 aliphatic heterocycles. The summed E-state index contributed by atoms with van der Waals surface area (Å²) in [6, 6.07) is 1.75. The second-order valence-electron chi connectivity index (χ2n) is 3.57. The van der Waals surface area contributed by atoms with Crippen LogP contribution in [0.3, 0.4) is 0 Å². The van der Waals surface area contributed by atoms with Crippen LogP contribution in [0.25, 0.3) is 0 Å². The molecule has 0 saturated carbocycles. The van der Waals surface area contributed by atoms with Crippen LogP contribution in [-0.2, 0) is 6.54 Å². The molecule has 0 unspecified atom stereocenters. The Morgan fingerprint density at radius 1 is 1.44 bits per heavy atom. The van der Waals surface area contributed by atoms with Crippen LogP contribution in [0.1, 0.15) is 19.0 Å². The van der Waals surface area contributed by atoms with Crippen molar-refractivity contribution in [2.24, 2.45) is 4.99 Å². The van der Waals surface area contributed by atoms with Crippen LogP contribution in [0, 0.1) is 0 Å². The van der Waals surface area contributed by atoms with Gasteiger partial charge in [0.15, 0.2) is 5.96 Å². The SMILES string of the molecule is CCNC(=NCc1ccn[nH]1)NCCC(F)(F)F. The topological polar surface area (TPSA) is 65.1 Å². The molecule has 0 aliphatic carbocycles. The first-order valence-corrected chi connectivity index (χ1v) is 5.58. The number of H-pyrrole nitrogens is 1. The second-order valence-corrected chi connectivity index (χ2v) is 3.57. The van der Waals surface area contributed by atoms with Crippen molar-refractivity contribution >= 4 is 5.96 Å². The Bertz CT molecular complexity index is 358. The molecule has 0 atom stereocenters.